The van der Waals surface area contributed by atoms with Crippen LogP contribution in [0, 0.1) is 5.92 Å². The molecular weight excluding hydrogens is 233 g/mol. The van der Waals surface area contributed by atoms with Crippen LogP contribution in [-0.4, -0.2) is 11.6 Å². The second kappa shape index (κ2) is 5.25. The van der Waals surface area contributed by atoms with Crippen molar-refractivity contribution in [1.82, 2.24) is 4.98 Å². The number of anilines is 1. The van der Waals surface area contributed by atoms with Gasteiger partial charge in [0.15, 0.2) is 0 Å². The Morgan fingerprint density at radius 1 is 1.35 bits per heavy atom. The lowest BCUT2D eigenvalue weighted by Crippen LogP contribution is -2.09. The van der Waals surface area contributed by atoms with Gasteiger partial charge >= 0.3 is 6.18 Å². The summed E-state index contributed by atoms with van der Waals surface area (Å²) in [6.07, 6.45) is -3.69. The van der Waals surface area contributed by atoms with Crippen LogP contribution in [0.15, 0.2) is 12.1 Å². The molecule has 0 spiro atoms. The fraction of sp³-hybridized carbons (Fsp3) is 0.545. The van der Waals surface area contributed by atoms with E-state index in [4.69, 9.17) is 10.5 Å². The van der Waals surface area contributed by atoms with Crippen molar-refractivity contribution in [3.63, 3.8) is 0 Å². The molecule has 3 nitrogen and oxygen atoms in total. The molecule has 96 valence electrons. The fourth-order valence-electron chi connectivity index (χ4n) is 1.16. The Labute approximate surface area is 97.8 Å². The van der Waals surface area contributed by atoms with Gasteiger partial charge in [0.05, 0.1) is 12.2 Å². The van der Waals surface area contributed by atoms with Gasteiger partial charge in [0, 0.05) is 6.07 Å². The van der Waals surface area contributed by atoms with Gasteiger partial charge in [0.25, 0.3) is 0 Å². The molecule has 1 aromatic heterocycles. The Kier molecular flexibility index (Phi) is 4.20. The highest BCUT2D eigenvalue weighted by Crippen LogP contribution is 2.32. The molecule has 2 N–H and O–H groups in total. The number of nitrogens with zero attached hydrogens (tertiary/aromatic N) is 1. The zero-order valence-electron chi connectivity index (χ0n) is 9.71. The van der Waals surface area contributed by atoms with E-state index >= 15 is 0 Å². The topological polar surface area (TPSA) is 48.1 Å². The Hall–Kier alpha value is -1.46. The molecule has 1 rings (SSSR count). The van der Waals surface area contributed by atoms with Gasteiger partial charge in [0.2, 0.25) is 5.88 Å². The summed E-state index contributed by atoms with van der Waals surface area (Å²) < 4.78 is 42.5. The summed E-state index contributed by atoms with van der Waals surface area (Å²) in [5.74, 6) is 0.135. The van der Waals surface area contributed by atoms with Crippen LogP contribution >= 0.6 is 0 Å². The number of hydrogen-bond acceptors (Lipinski definition) is 3. The monoisotopic (exact) mass is 248 g/mol. The maximum Gasteiger partial charge on any atom is 0.416 e. The van der Waals surface area contributed by atoms with Crippen LogP contribution in [-0.2, 0) is 6.18 Å². The van der Waals surface area contributed by atoms with Gasteiger partial charge in [0.1, 0.15) is 5.82 Å². The molecule has 0 saturated carbocycles. The highest BCUT2D eigenvalue weighted by atomic mass is 19.4. The molecule has 0 unspecified atom stereocenters. The van der Waals surface area contributed by atoms with Crippen LogP contribution in [0.1, 0.15) is 25.8 Å². The van der Waals surface area contributed by atoms with Crippen molar-refractivity contribution in [3.8, 4) is 5.88 Å². The molecule has 0 bridgehead atoms. The Bertz CT molecular complexity index is 377. The number of aromatic nitrogens is 1. The summed E-state index contributed by atoms with van der Waals surface area (Å²) >= 11 is 0. The molecule has 6 heteroatoms. The maximum absolute atomic E-state index is 12.5. The van der Waals surface area contributed by atoms with Gasteiger partial charge in [-0.2, -0.15) is 18.2 Å². The quantitative estimate of drug-likeness (QED) is 0.890. The largest absolute Gasteiger partial charge is 0.478 e. The number of pyridine rings is 1. The molecule has 0 amide bonds. The Balaban J connectivity index is 2.76. The van der Waals surface area contributed by atoms with Crippen LogP contribution < -0.4 is 10.5 Å². The van der Waals surface area contributed by atoms with E-state index in [1.807, 2.05) is 13.8 Å². The molecular formula is C11H15F3N2O. The lowest BCUT2D eigenvalue weighted by Gasteiger charge is -2.11. The van der Waals surface area contributed by atoms with E-state index in [2.05, 4.69) is 4.98 Å². The van der Waals surface area contributed by atoms with Gasteiger partial charge in [-0.15, -0.1) is 0 Å². The van der Waals surface area contributed by atoms with E-state index in [-0.39, 0.29) is 11.7 Å². The summed E-state index contributed by atoms with van der Waals surface area (Å²) in [6.45, 7) is 4.32. The number of nitrogen functional groups attached to an aromatic ring is 1. The number of halogens is 3. The normalized spacial score (nSPS) is 11.9. The minimum atomic E-state index is -4.44. The molecule has 1 heterocycles. The summed E-state index contributed by atoms with van der Waals surface area (Å²) in [5.41, 5.74) is 4.45. The molecule has 0 saturated heterocycles. The van der Waals surface area contributed by atoms with Gasteiger partial charge < -0.3 is 10.5 Å². The second-order valence-corrected chi connectivity index (χ2v) is 4.15. The van der Waals surface area contributed by atoms with Crippen LogP contribution in [0.4, 0.5) is 19.0 Å². The van der Waals surface area contributed by atoms with Crippen molar-refractivity contribution in [1.29, 1.82) is 0 Å². The van der Waals surface area contributed by atoms with E-state index in [1.165, 1.54) is 0 Å². The number of nitrogens with two attached hydrogens (primary N) is 1. The van der Waals surface area contributed by atoms with Crippen molar-refractivity contribution in [2.45, 2.75) is 26.4 Å². The highest BCUT2D eigenvalue weighted by molar-refractivity contribution is 5.38. The molecule has 0 aliphatic heterocycles. The van der Waals surface area contributed by atoms with E-state index in [0.29, 0.717) is 12.5 Å². The first-order valence-electron chi connectivity index (χ1n) is 5.26. The predicted molar refractivity (Wildman–Crippen MR) is 58.6 cm³/mol. The summed E-state index contributed by atoms with van der Waals surface area (Å²) in [5, 5.41) is 0. The molecule has 0 aliphatic rings. The first-order valence-corrected chi connectivity index (χ1v) is 5.26. The lowest BCUT2D eigenvalue weighted by atomic mass is 10.1. The third-order valence-electron chi connectivity index (χ3n) is 2.09. The van der Waals surface area contributed by atoms with Crippen molar-refractivity contribution in [2.75, 3.05) is 12.3 Å². The molecule has 0 fully saturated rings. The van der Waals surface area contributed by atoms with Crippen LogP contribution in [0.2, 0.25) is 0 Å². The number of alkyl halides is 3. The Morgan fingerprint density at radius 2 is 2.00 bits per heavy atom. The van der Waals surface area contributed by atoms with Crippen molar-refractivity contribution < 1.29 is 17.9 Å². The second-order valence-electron chi connectivity index (χ2n) is 4.15. The molecule has 0 aromatic carbocycles. The van der Waals surface area contributed by atoms with Crippen molar-refractivity contribution >= 4 is 5.82 Å². The van der Waals surface area contributed by atoms with Gasteiger partial charge in [-0.25, -0.2) is 0 Å². The average molecular weight is 248 g/mol. The molecule has 0 radical (unpaired) electrons. The minimum Gasteiger partial charge on any atom is -0.478 e. The van der Waals surface area contributed by atoms with Crippen molar-refractivity contribution in [2.24, 2.45) is 5.92 Å². The maximum atomic E-state index is 12.5. The average Bonchev–Trinajstić information content (AvgIpc) is 2.14. The zero-order valence-corrected chi connectivity index (χ0v) is 9.71. The van der Waals surface area contributed by atoms with Gasteiger partial charge in [-0.05, 0) is 18.4 Å². The van der Waals surface area contributed by atoms with Crippen LogP contribution in [0.5, 0.6) is 5.88 Å². The SMILES string of the molecule is CC(C)CCOc1cc(C(F)(F)F)cc(N)n1. The standard InChI is InChI=1S/C11H15F3N2O/c1-7(2)3-4-17-10-6-8(11(12,13)14)5-9(15)16-10/h5-7H,3-4H2,1-2H3,(H2,15,16). The zero-order chi connectivity index (χ0) is 13.1. The number of ether oxygens (including phenoxy) is 1. The third kappa shape index (κ3) is 4.50. The Morgan fingerprint density at radius 3 is 2.53 bits per heavy atom. The summed E-state index contributed by atoms with van der Waals surface area (Å²) in [4.78, 5) is 3.70. The smallest absolute Gasteiger partial charge is 0.416 e. The highest BCUT2D eigenvalue weighted by Gasteiger charge is 2.31. The van der Waals surface area contributed by atoms with E-state index in [0.717, 1.165) is 18.6 Å². The van der Waals surface area contributed by atoms with Gasteiger partial charge in [-0.1, -0.05) is 13.8 Å². The minimum absolute atomic E-state index is 0.0852. The fourth-order valence-corrected chi connectivity index (χ4v) is 1.16. The molecule has 0 atom stereocenters. The van der Waals surface area contributed by atoms with Crippen LogP contribution in [0.3, 0.4) is 0 Å². The third-order valence-corrected chi connectivity index (χ3v) is 2.09. The van der Waals surface area contributed by atoms with E-state index in [9.17, 15) is 13.2 Å². The van der Waals surface area contributed by atoms with E-state index < -0.39 is 11.7 Å². The predicted octanol–water partition coefficient (Wildman–Crippen LogP) is 3.11. The first kappa shape index (κ1) is 13.6. The number of hydrogen-bond donors (Lipinski definition) is 1. The van der Waals surface area contributed by atoms with E-state index in [1.54, 1.807) is 0 Å². The molecule has 0 aliphatic carbocycles. The first-order chi connectivity index (χ1) is 7.79. The van der Waals surface area contributed by atoms with Crippen molar-refractivity contribution in [3.05, 3.63) is 17.7 Å². The van der Waals surface area contributed by atoms with Gasteiger partial charge in [-0.3, -0.25) is 0 Å². The van der Waals surface area contributed by atoms with Crippen LogP contribution in [0.25, 0.3) is 0 Å². The molecule has 17 heavy (non-hydrogen) atoms. The molecule has 1 aromatic rings. The number of rotatable bonds is 4. The lowest BCUT2D eigenvalue weighted by molar-refractivity contribution is -0.137. The summed E-state index contributed by atoms with van der Waals surface area (Å²) in [7, 11) is 0. The summed E-state index contributed by atoms with van der Waals surface area (Å²) in [6, 6.07) is 1.64.